The molecule has 2 unspecified atom stereocenters. The Labute approximate surface area is 431 Å². The minimum absolute atomic E-state index is 0.00150. The number of unbranched alkanes of at least 4 members (excludes halogenated alkanes) is 45. The van der Waals surface area contributed by atoms with E-state index >= 15 is 0 Å². The van der Waals surface area contributed by atoms with Gasteiger partial charge in [0, 0.05) is 12.8 Å². The first kappa shape index (κ1) is 67.3. The second-order valence-corrected chi connectivity index (χ2v) is 21.4. The van der Waals surface area contributed by atoms with Crippen LogP contribution in [0.1, 0.15) is 341 Å². The lowest BCUT2D eigenvalue weighted by molar-refractivity contribution is -0.143. The van der Waals surface area contributed by atoms with Crippen LogP contribution in [0.15, 0.2) is 24.3 Å². The third-order valence-electron chi connectivity index (χ3n) is 14.5. The van der Waals surface area contributed by atoms with Crippen LogP contribution in [0.3, 0.4) is 0 Å². The quantitative estimate of drug-likeness (QED) is 0.0321. The Kier molecular flexibility index (Phi) is 57.5. The van der Waals surface area contributed by atoms with Gasteiger partial charge in [-0.05, 0) is 57.8 Å². The highest BCUT2D eigenvalue weighted by molar-refractivity contribution is 5.76. The summed E-state index contributed by atoms with van der Waals surface area (Å²) in [5.41, 5.74) is 0. The summed E-state index contributed by atoms with van der Waals surface area (Å²) in [5, 5.41) is 23.2. The number of nitrogens with one attached hydrogen (secondary N) is 1. The minimum atomic E-state index is -0.853. The highest BCUT2D eigenvalue weighted by Crippen LogP contribution is 2.17. The van der Waals surface area contributed by atoms with Crippen molar-refractivity contribution in [2.75, 3.05) is 13.2 Å². The maximum absolute atomic E-state index is 12.5. The van der Waals surface area contributed by atoms with Crippen molar-refractivity contribution >= 4 is 11.9 Å². The number of rotatable bonds is 58. The molecule has 6 heteroatoms. The van der Waals surface area contributed by atoms with Gasteiger partial charge in [0.2, 0.25) is 5.91 Å². The Morgan fingerprint density at radius 1 is 0.391 bits per heavy atom. The summed E-state index contributed by atoms with van der Waals surface area (Å²) >= 11 is 0. The van der Waals surface area contributed by atoms with Crippen molar-refractivity contribution in [3.05, 3.63) is 24.3 Å². The zero-order valence-electron chi connectivity index (χ0n) is 46.6. The lowest BCUT2D eigenvalue weighted by Gasteiger charge is -2.20. The molecule has 6 nitrogen and oxygen atoms in total. The predicted molar refractivity (Wildman–Crippen MR) is 301 cm³/mol. The number of aliphatic hydroxyl groups is 2. The molecular formula is C63H121NO5. The fourth-order valence-electron chi connectivity index (χ4n) is 9.69. The average Bonchev–Trinajstić information content (AvgIpc) is 3.35. The van der Waals surface area contributed by atoms with Crippen molar-refractivity contribution in [1.82, 2.24) is 5.32 Å². The number of hydrogen-bond acceptors (Lipinski definition) is 5. The summed E-state index contributed by atoms with van der Waals surface area (Å²) in [6.45, 7) is 4.91. The first-order valence-corrected chi connectivity index (χ1v) is 31.1. The maximum atomic E-state index is 12.5. The SMILES string of the molecule is CCCCCCCCCCCCCCCCCCCCCCC/C=C/C(O)C(CO)NC(=O)CCCCCCCCC/C=C\CCCCCCCCOC(=O)CCCCCCCCCCCCCC. The van der Waals surface area contributed by atoms with Crippen molar-refractivity contribution in [3.63, 3.8) is 0 Å². The van der Waals surface area contributed by atoms with Gasteiger partial charge in [0.05, 0.1) is 25.4 Å². The Balaban J connectivity index is 3.48. The van der Waals surface area contributed by atoms with E-state index in [9.17, 15) is 19.8 Å². The molecule has 0 aliphatic carbocycles. The van der Waals surface area contributed by atoms with E-state index in [1.807, 2.05) is 6.08 Å². The number of amides is 1. The fraction of sp³-hybridized carbons (Fsp3) is 0.905. The molecule has 1 amide bonds. The normalized spacial score (nSPS) is 12.7. The zero-order valence-corrected chi connectivity index (χ0v) is 46.6. The van der Waals surface area contributed by atoms with Gasteiger partial charge in [0.1, 0.15) is 0 Å². The third kappa shape index (κ3) is 55.5. The summed E-state index contributed by atoms with van der Waals surface area (Å²) in [6, 6.07) is -0.637. The van der Waals surface area contributed by atoms with E-state index in [1.165, 1.54) is 257 Å². The second-order valence-electron chi connectivity index (χ2n) is 21.4. The molecule has 0 bridgehead atoms. The van der Waals surface area contributed by atoms with Crippen molar-refractivity contribution in [3.8, 4) is 0 Å². The molecule has 0 rings (SSSR count). The number of ether oxygens (including phenoxy) is 1. The molecule has 0 fully saturated rings. The van der Waals surface area contributed by atoms with Gasteiger partial charge < -0.3 is 20.3 Å². The summed E-state index contributed by atoms with van der Waals surface area (Å²) in [6.07, 6.45) is 72.1. The molecule has 408 valence electrons. The molecule has 0 aromatic heterocycles. The standard InChI is InChI=1S/C63H121NO5/c1-3-5-7-9-11-13-15-17-18-19-20-21-22-23-24-26-29-32-35-39-43-47-51-55-61(66)60(59-65)64-62(67)56-52-48-44-40-36-33-30-27-25-28-31-34-38-42-46-50-54-58-69-63(68)57-53-49-45-41-37-16-14-12-10-8-6-4-2/h25,28,51,55,60-61,65-66H,3-24,26-27,29-50,52-54,56-59H2,1-2H3,(H,64,67)/b28-25-,55-51+. The molecule has 0 saturated heterocycles. The van der Waals surface area contributed by atoms with Crippen LogP contribution in [0, 0.1) is 0 Å². The molecule has 0 aromatic carbocycles. The lowest BCUT2D eigenvalue weighted by atomic mass is 10.0. The number of carbonyl (C=O) groups is 2. The van der Waals surface area contributed by atoms with Gasteiger partial charge in [-0.15, -0.1) is 0 Å². The Morgan fingerprint density at radius 2 is 0.681 bits per heavy atom. The Hall–Kier alpha value is -1.66. The minimum Gasteiger partial charge on any atom is -0.466 e. The molecule has 3 N–H and O–H groups in total. The van der Waals surface area contributed by atoms with Gasteiger partial charge in [0.25, 0.3) is 0 Å². The molecule has 0 heterocycles. The Morgan fingerprint density at radius 3 is 1.03 bits per heavy atom. The Bertz CT molecular complexity index is 1080. The van der Waals surface area contributed by atoms with Gasteiger partial charge in [-0.1, -0.05) is 295 Å². The van der Waals surface area contributed by atoms with Crippen LogP contribution in [0.5, 0.6) is 0 Å². The van der Waals surface area contributed by atoms with Gasteiger partial charge in [-0.2, -0.15) is 0 Å². The van der Waals surface area contributed by atoms with Gasteiger partial charge in [0.15, 0.2) is 0 Å². The second kappa shape index (κ2) is 58.9. The van der Waals surface area contributed by atoms with Crippen LogP contribution in [0.2, 0.25) is 0 Å². The molecule has 0 radical (unpaired) electrons. The highest BCUT2D eigenvalue weighted by Gasteiger charge is 2.18. The average molecular weight is 973 g/mol. The number of allylic oxidation sites excluding steroid dienone is 3. The van der Waals surface area contributed by atoms with Crippen LogP contribution in [-0.4, -0.2) is 47.4 Å². The van der Waals surface area contributed by atoms with E-state index in [-0.39, 0.29) is 18.5 Å². The highest BCUT2D eigenvalue weighted by atomic mass is 16.5. The summed E-state index contributed by atoms with van der Waals surface area (Å²) in [4.78, 5) is 24.5. The van der Waals surface area contributed by atoms with E-state index in [1.54, 1.807) is 6.08 Å². The smallest absolute Gasteiger partial charge is 0.305 e. The number of aliphatic hydroxyl groups excluding tert-OH is 2. The van der Waals surface area contributed by atoms with Crippen molar-refractivity contribution in [1.29, 1.82) is 0 Å². The molecule has 0 spiro atoms. The van der Waals surface area contributed by atoms with Crippen LogP contribution in [0.25, 0.3) is 0 Å². The summed E-state index contributed by atoms with van der Waals surface area (Å²) < 4.78 is 5.46. The number of carbonyl (C=O) groups excluding carboxylic acids is 2. The maximum Gasteiger partial charge on any atom is 0.305 e. The number of hydrogen-bond donors (Lipinski definition) is 3. The van der Waals surface area contributed by atoms with E-state index in [0.717, 1.165) is 57.8 Å². The van der Waals surface area contributed by atoms with Gasteiger partial charge in [-0.3, -0.25) is 9.59 Å². The molecule has 0 aliphatic heterocycles. The fourth-order valence-corrected chi connectivity index (χ4v) is 9.69. The number of esters is 1. The van der Waals surface area contributed by atoms with Crippen LogP contribution in [0.4, 0.5) is 0 Å². The van der Waals surface area contributed by atoms with E-state index in [2.05, 4.69) is 31.3 Å². The first-order chi connectivity index (χ1) is 34.0. The largest absolute Gasteiger partial charge is 0.466 e. The molecule has 2 atom stereocenters. The molecule has 69 heavy (non-hydrogen) atoms. The first-order valence-electron chi connectivity index (χ1n) is 31.1. The van der Waals surface area contributed by atoms with Crippen LogP contribution < -0.4 is 5.32 Å². The lowest BCUT2D eigenvalue weighted by Crippen LogP contribution is -2.45. The summed E-state index contributed by atoms with van der Waals surface area (Å²) in [7, 11) is 0. The van der Waals surface area contributed by atoms with Gasteiger partial charge in [-0.25, -0.2) is 0 Å². The topological polar surface area (TPSA) is 95.9 Å². The van der Waals surface area contributed by atoms with E-state index in [0.29, 0.717) is 19.4 Å². The third-order valence-corrected chi connectivity index (χ3v) is 14.5. The van der Waals surface area contributed by atoms with Gasteiger partial charge >= 0.3 is 5.97 Å². The molecular weight excluding hydrogens is 851 g/mol. The van der Waals surface area contributed by atoms with Crippen molar-refractivity contribution in [2.24, 2.45) is 0 Å². The van der Waals surface area contributed by atoms with Crippen LogP contribution in [-0.2, 0) is 14.3 Å². The molecule has 0 aliphatic rings. The summed E-state index contributed by atoms with van der Waals surface area (Å²) in [5.74, 6) is -0.0782. The van der Waals surface area contributed by atoms with Crippen LogP contribution >= 0.6 is 0 Å². The monoisotopic (exact) mass is 972 g/mol. The molecule has 0 saturated carbocycles. The van der Waals surface area contributed by atoms with E-state index in [4.69, 9.17) is 4.74 Å². The zero-order chi connectivity index (χ0) is 50.0. The van der Waals surface area contributed by atoms with Crippen molar-refractivity contribution < 1.29 is 24.5 Å². The van der Waals surface area contributed by atoms with Crippen molar-refractivity contribution in [2.45, 2.75) is 353 Å². The predicted octanol–water partition coefficient (Wildman–Crippen LogP) is 19.4. The molecule has 0 aromatic rings. The van der Waals surface area contributed by atoms with E-state index < -0.39 is 12.1 Å².